The number of allylic oxidation sites excluding steroid dienone is 1. The zero-order valence-corrected chi connectivity index (χ0v) is 33.5. The van der Waals surface area contributed by atoms with Crippen molar-refractivity contribution in [2.75, 3.05) is 0 Å². The lowest BCUT2D eigenvalue weighted by Crippen LogP contribution is -2.51. The predicted octanol–water partition coefficient (Wildman–Crippen LogP) is 11.1. The number of hydrazone groups is 1. The molecule has 0 amide bonds. The minimum Gasteiger partial charge on any atom is -0.476 e. The summed E-state index contributed by atoms with van der Waals surface area (Å²) in [4.78, 5) is 15.5. The summed E-state index contributed by atoms with van der Waals surface area (Å²) in [6.07, 6.45) is 17.4. The Hall–Kier alpha value is -2.93. The van der Waals surface area contributed by atoms with E-state index in [1.807, 2.05) is 37.3 Å². The van der Waals surface area contributed by atoms with Gasteiger partial charge in [0.2, 0.25) is 5.90 Å². The lowest BCUT2D eigenvalue weighted by Gasteiger charge is -2.58. The van der Waals surface area contributed by atoms with Crippen LogP contribution in [0.25, 0.3) is 0 Å². The molecule has 3 saturated carbocycles. The lowest BCUT2D eigenvalue weighted by molar-refractivity contribution is -0.0566. The monoisotopic (exact) mass is 728 g/mol. The molecule has 0 bridgehead atoms. The SMILES string of the molecule is Cc1ccc(S(=O)(=O)NN=C(CCCC(=O)c2ccccc2)OC2CC[C@@]3(C)C(=CCC4C3CC[C@@]3(C)C4CC[C@@H]3[C@H](C)CCCC(C)C)C2)cc1. The second-order valence-corrected chi connectivity index (χ2v) is 19.5. The largest absolute Gasteiger partial charge is 0.476 e. The van der Waals surface area contributed by atoms with Crippen LogP contribution in [0.15, 0.2) is 76.2 Å². The fourth-order valence-corrected chi connectivity index (χ4v) is 12.0. The molecule has 4 unspecified atom stereocenters. The van der Waals surface area contributed by atoms with E-state index in [0.717, 1.165) is 60.3 Å². The van der Waals surface area contributed by atoms with Crippen LogP contribution in [0.3, 0.4) is 0 Å². The van der Waals surface area contributed by atoms with E-state index in [9.17, 15) is 13.2 Å². The maximum atomic E-state index is 13.2. The van der Waals surface area contributed by atoms with Gasteiger partial charge in [-0.15, -0.1) is 5.10 Å². The number of fused-ring (bicyclic) bond motifs is 5. The summed E-state index contributed by atoms with van der Waals surface area (Å²) in [6, 6.07) is 16.0. The molecule has 2 aromatic rings. The van der Waals surface area contributed by atoms with E-state index >= 15 is 0 Å². The Labute approximate surface area is 314 Å². The molecule has 4 aliphatic carbocycles. The van der Waals surface area contributed by atoms with Crippen LogP contribution in [0.2, 0.25) is 0 Å². The van der Waals surface area contributed by atoms with E-state index in [2.05, 4.69) is 50.6 Å². The minimum absolute atomic E-state index is 0.0632. The van der Waals surface area contributed by atoms with E-state index in [4.69, 9.17) is 4.74 Å². The fourth-order valence-electron chi connectivity index (χ4n) is 11.1. The van der Waals surface area contributed by atoms with Crippen molar-refractivity contribution in [1.29, 1.82) is 0 Å². The van der Waals surface area contributed by atoms with E-state index in [1.54, 1.807) is 24.3 Å². The molecule has 1 N–H and O–H groups in total. The molecule has 6 rings (SSSR count). The zero-order valence-electron chi connectivity index (χ0n) is 32.7. The van der Waals surface area contributed by atoms with Crippen LogP contribution in [-0.2, 0) is 14.8 Å². The Kier molecular flexibility index (Phi) is 12.1. The predicted molar refractivity (Wildman–Crippen MR) is 211 cm³/mol. The summed E-state index contributed by atoms with van der Waals surface area (Å²) in [6.45, 7) is 14.4. The number of hydrogen-bond acceptors (Lipinski definition) is 5. The molecule has 3 fully saturated rings. The number of Topliss-reactive ketones (excluding diaryl/α,β-unsaturated/α-hetero) is 1. The Morgan fingerprint density at radius 1 is 0.904 bits per heavy atom. The molecular formula is C45H64N2O4S. The number of ketones is 1. The van der Waals surface area contributed by atoms with Gasteiger partial charge >= 0.3 is 0 Å². The van der Waals surface area contributed by atoms with Crippen LogP contribution in [0.1, 0.15) is 140 Å². The third kappa shape index (κ3) is 8.40. The van der Waals surface area contributed by atoms with Crippen molar-refractivity contribution in [2.45, 2.75) is 142 Å². The number of rotatable bonds is 14. The summed E-state index contributed by atoms with van der Waals surface area (Å²) >= 11 is 0. The molecule has 52 heavy (non-hydrogen) atoms. The average molecular weight is 729 g/mol. The molecule has 4 aliphatic rings. The maximum Gasteiger partial charge on any atom is 0.276 e. The van der Waals surface area contributed by atoms with E-state index < -0.39 is 10.0 Å². The van der Waals surface area contributed by atoms with Gasteiger partial charge in [-0.25, -0.2) is 0 Å². The zero-order chi connectivity index (χ0) is 37.1. The Bertz CT molecular complexity index is 1700. The number of nitrogens with zero attached hydrogens (tertiary/aromatic N) is 1. The van der Waals surface area contributed by atoms with Crippen molar-refractivity contribution in [3.05, 3.63) is 77.4 Å². The Balaban J connectivity index is 1.13. The smallest absolute Gasteiger partial charge is 0.276 e. The van der Waals surface area contributed by atoms with Gasteiger partial charge in [0.05, 0.1) is 4.90 Å². The number of hydrogen-bond donors (Lipinski definition) is 1. The summed E-state index contributed by atoms with van der Waals surface area (Å²) in [7, 11) is -3.87. The fraction of sp³-hybridized carbons (Fsp3) is 0.644. The highest BCUT2D eigenvalue weighted by Crippen LogP contribution is 2.67. The van der Waals surface area contributed by atoms with Gasteiger partial charge < -0.3 is 4.74 Å². The van der Waals surface area contributed by atoms with Crippen molar-refractivity contribution >= 4 is 21.7 Å². The number of ether oxygens (including phenoxy) is 1. The molecule has 7 heteroatoms. The number of nitrogens with one attached hydrogen (secondary N) is 1. The van der Waals surface area contributed by atoms with E-state index in [0.29, 0.717) is 36.1 Å². The second kappa shape index (κ2) is 16.2. The van der Waals surface area contributed by atoms with Gasteiger partial charge in [0, 0.05) is 24.8 Å². The van der Waals surface area contributed by atoms with Crippen LogP contribution in [0.5, 0.6) is 0 Å². The lowest BCUT2D eigenvalue weighted by atomic mass is 9.47. The maximum absolute atomic E-state index is 13.2. The Morgan fingerprint density at radius 2 is 1.65 bits per heavy atom. The van der Waals surface area contributed by atoms with Crippen molar-refractivity contribution in [3.8, 4) is 0 Å². The number of carbonyl (C=O) groups is 1. The molecule has 6 nitrogen and oxygen atoms in total. The molecule has 0 saturated heterocycles. The van der Waals surface area contributed by atoms with Gasteiger partial charge in [-0.3, -0.25) is 4.79 Å². The molecule has 0 heterocycles. The van der Waals surface area contributed by atoms with Gasteiger partial charge in [-0.2, -0.15) is 13.2 Å². The first-order chi connectivity index (χ1) is 24.8. The number of carbonyl (C=O) groups excluding carboxylic acids is 1. The average Bonchev–Trinajstić information content (AvgIpc) is 3.48. The number of sulfonamides is 1. The first kappa shape index (κ1) is 38.8. The van der Waals surface area contributed by atoms with Crippen LogP contribution in [0.4, 0.5) is 0 Å². The van der Waals surface area contributed by atoms with Gasteiger partial charge in [-0.05, 0) is 117 Å². The quantitative estimate of drug-likeness (QED) is 0.0690. The van der Waals surface area contributed by atoms with Crippen LogP contribution in [0, 0.1) is 53.3 Å². The topological polar surface area (TPSA) is 84.8 Å². The number of benzene rings is 2. The van der Waals surface area contributed by atoms with Gasteiger partial charge in [-0.1, -0.05) is 114 Å². The van der Waals surface area contributed by atoms with Crippen molar-refractivity contribution in [3.63, 3.8) is 0 Å². The summed E-state index contributed by atoms with van der Waals surface area (Å²) in [5.41, 5.74) is 3.86. The van der Waals surface area contributed by atoms with Crippen LogP contribution in [-0.4, -0.2) is 26.2 Å². The standard InChI is InChI=1S/C45H64N2O4S/c1-31(2)12-10-13-33(4)39-24-25-40-38-23-20-35-30-36(26-28-44(35,5)41(38)27-29-45(39,40)6)51-43(17-11-16-42(48)34-14-8-7-9-15-34)46-47-52(49,50)37-21-18-32(3)19-22-37/h7-9,14-15,18-22,31,33,36,38-41,47H,10-13,16-17,23-30H2,1-6H3/t33-,36?,38?,39-,40?,41?,44+,45-/m1/s1. The first-order valence-electron chi connectivity index (χ1n) is 20.4. The summed E-state index contributed by atoms with van der Waals surface area (Å²) < 4.78 is 32.9. The molecule has 0 aromatic heterocycles. The minimum atomic E-state index is -3.87. The van der Waals surface area contributed by atoms with Crippen LogP contribution >= 0.6 is 0 Å². The van der Waals surface area contributed by atoms with Crippen LogP contribution < -0.4 is 4.83 Å². The molecule has 284 valence electrons. The van der Waals surface area contributed by atoms with Crippen molar-refractivity contribution in [2.24, 2.45) is 51.4 Å². The highest BCUT2D eigenvalue weighted by molar-refractivity contribution is 7.89. The van der Waals surface area contributed by atoms with Crippen molar-refractivity contribution in [1.82, 2.24) is 4.83 Å². The van der Waals surface area contributed by atoms with Gasteiger partial charge in [0.25, 0.3) is 10.0 Å². The Morgan fingerprint density at radius 3 is 2.38 bits per heavy atom. The van der Waals surface area contributed by atoms with E-state index in [-0.39, 0.29) is 22.2 Å². The van der Waals surface area contributed by atoms with E-state index in [1.165, 1.54) is 56.9 Å². The third-order valence-electron chi connectivity index (χ3n) is 14.1. The molecule has 0 aliphatic heterocycles. The molecular weight excluding hydrogens is 665 g/mol. The first-order valence-corrected chi connectivity index (χ1v) is 21.9. The van der Waals surface area contributed by atoms with Gasteiger partial charge in [0.15, 0.2) is 5.78 Å². The summed E-state index contributed by atoms with van der Waals surface area (Å²) in [5.74, 6) is 5.21. The molecule has 0 spiro atoms. The highest BCUT2D eigenvalue weighted by atomic mass is 32.2. The molecule has 0 radical (unpaired) electrons. The van der Waals surface area contributed by atoms with Crippen molar-refractivity contribution < 1.29 is 17.9 Å². The normalized spacial score (nSPS) is 30.9. The molecule has 8 atom stereocenters. The van der Waals surface area contributed by atoms with Gasteiger partial charge in [0.1, 0.15) is 6.10 Å². The third-order valence-corrected chi connectivity index (χ3v) is 15.3. The highest BCUT2D eigenvalue weighted by Gasteiger charge is 2.59. The molecule has 2 aromatic carbocycles. The summed E-state index contributed by atoms with van der Waals surface area (Å²) in [5, 5.41) is 4.36. The number of aryl methyl sites for hydroxylation is 1. The second-order valence-electron chi connectivity index (χ2n) is 17.8.